The lowest BCUT2D eigenvalue weighted by Gasteiger charge is -2.36. The van der Waals surface area contributed by atoms with Crippen molar-refractivity contribution in [2.75, 3.05) is 26.7 Å². The number of carbonyl (C=O) groups is 1. The van der Waals surface area contributed by atoms with Gasteiger partial charge in [0.15, 0.2) is 0 Å². The van der Waals surface area contributed by atoms with Crippen LogP contribution in [0.3, 0.4) is 0 Å². The van der Waals surface area contributed by atoms with Gasteiger partial charge >= 0.3 is 0 Å². The maximum atomic E-state index is 13.1. The van der Waals surface area contributed by atoms with Crippen molar-refractivity contribution in [2.24, 2.45) is 5.92 Å². The fourth-order valence-corrected chi connectivity index (χ4v) is 5.83. The molecule has 1 aliphatic carbocycles. The monoisotopic (exact) mass is 394 g/mol. The number of ether oxygens (including phenoxy) is 1. The van der Waals surface area contributed by atoms with Gasteiger partial charge < -0.3 is 9.64 Å². The normalized spacial score (nSPS) is 21.9. The van der Waals surface area contributed by atoms with Crippen LogP contribution in [-0.2, 0) is 14.8 Å². The Balaban J connectivity index is 1.73. The molecule has 0 spiro atoms. The molecule has 1 heterocycles. The Bertz CT molecular complexity index is 742. The van der Waals surface area contributed by atoms with Crippen molar-refractivity contribution in [1.29, 1.82) is 0 Å². The summed E-state index contributed by atoms with van der Waals surface area (Å²) in [5.41, 5.74) is 0. The quantitative estimate of drug-likeness (QED) is 0.744. The number of benzene rings is 1. The second kappa shape index (κ2) is 8.61. The molecule has 0 aromatic heterocycles. The average Bonchev–Trinajstić information content (AvgIpc) is 3.23. The van der Waals surface area contributed by atoms with Gasteiger partial charge in [-0.15, -0.1) is 0 Å². The molecule has 0 bridgehead atoms. The maximum Gasteiger partial charge on any atom is 0.243 e. The first-order valence-corrected chi connectivity index (χ1v) is 11.4. The molecule has 1 atom stereocenters. The van der Waals surface area contributed by atoms with Crippen LogP contribution in [0.25, 0.3) is 0 Å². The highest BCUT2D eigenvalue weighted by Gasteiger charge is 2.36. The summed E-state index contributed by atoms with van der Waals surface area (Å²) >= 11 is 0. The second-order valence-corrected chi connectivity index (χ2v) is 9.38. The summed E-state index contributed by atoms with van der Waals surface area (Å²) in [7, 11) is -2.05. The molecule has 2 fully saturated rings. The molecule has 7 heteroatoms. The van der Waals surface area contributed by atoms with Crippen molar-refractivity contribution in [1.82, 2.24) is 9.21 Å². The second-order valence-electron chi connectivity index (χ2n) is 7.44. The molecule has 1 saturated heterocycles. The minimum absolute atomic E-state index is 0.124. The minimum Gasteiger partial charge on any atom is -0.497 e. The van der Waals surface area contributed by atoms with E-state index in [1.54, 1.807) is 31.4 Å². The van der Waals surface area contributed by atoms with Crippen molar-refractivity contribution in [3.8, 4) is 5.75 Å². The summed E-state index contributed by atoms with van der Waals surface area (Å²) in [6.07, 6.45) is 5.97. The highest BCUT2D eigenvalue weighted by molar-refractivity contribution is 7.89. The van der Waals surface area contributed by atoms with E-state index in [2.05, 4.69) is 0 Å². The Morgan fingerprint density at radius 1 is 1.15 bits per heavy atom. The van der Waals surface area contributed by atoms with Crippen molar-refractivity contribution in [3.63, 3.8) is 0 Å². The van der Waals surface area contributed by atoms with Crippen LogP contribution < -0.4 is 4.74 Å². The SMILES string of the molecule is CCN(C(=O)C1CCCN(S(=O)(=O)c2ccc(OC)cc2)C1)C1CCCC1. The Morgan fingerprint density at radius 2 is 1.81 bits per heavy atom. The summed E-state index contributed by atoms with van der Waals surface area (Å²) in [5, 5.41) is 0. The van der Waals surface area contributed by atoms with Crippen LogP contribution in [0, 0.1) is 5.92 Å². The number of methoxy groups -OCH3 is 1. The standard InChI is InChI=1S/C20H30N2O4S/c1-3-22(17-8-4-5-9-17)20(23)16-7-6-14-21(15-16)27(24,25)19-12-10-18(26-2)11-13-19/h10-13,16-17H,3-9,14-15H2,1-2H3. The van der Waals surface area contributed by atoms with E-state index in [9.17, 15) is 13.2 Å². The van der Waals surface area contributed by atoms with E-state index in [0.29, 0.717) is 31.3 Å². The van der Waals surface area contributed by atoms with Crippen molar-refractivity contribution >= 4 is 15.9 Å². The van der Waals surface area contributed by atoms with Crippen LogP contribution in [-0.4, -0.2) is 56.3 Å². The number of carbonyl (C=O) groups excluding carboxylic acids is 1. The molecule has 3 rings (SSSR count). The fourth-order valence-electron chi connectivity index (χ4n) is 4.30. The summed E-state index contributed by atoms with van der Waals surface area (Å²) < 4.78 is 32.6. The van der Waals surface area contributed by atoms with Gasteiger partial charge in [0.1, 0.15) is 5.75 Å². The number of rotatable bonds is 6. The molecule has 2 aliphatic rings. The van der Waals surface area contributed by atoms with Gasteiger partial charge in [0.05, 0.1) is 17.9 Å². The van der Waals surface area contributed by atoms with Gasteiger partial charge in [0.2, 0.25) is 15.9 Å². The first kappa shape index (κ1) is 20.1. The zero-order valence-corrected chi connectivity index (χ0v) is 17.1. The van der Waals surface area contributed by atoms with Crippen LogP contribution >= 0.6 is 0 Å². The van der Waals surface area contributed by atoms with Gasteiger partial charge in [-0.05, 0) is 56.9 Å². The summed E-state index contributed by atoms with van der Waals surface area (Å²) in [6, 6.07) is 6.76. The Hall–Kier alpha value is -1.60. The van der Waals surface area contributed by atoms with Crippen molar-refractivity contribution < 1.29 is 17.9 Å². The number of amides is 1. The zero-order chi connectivity index (χ0) is 19.4. The lowest BCUT2D eigenvalue weighted by Crippen LogP contribution is -2.49. The minimum atomic E-state index is -3.60. The maximum absolute atomic E-state index is 13.1. The van der Waals surface area contributed by atoms with Crippen molar-refractivity contribution in [2.45, 2.75) is 56.4 Å². The molecule has 1 amide bonds. The Kier molecular flexibility index (Phi) is 6.42. The zero-order valence-electron chi connectivity index (χ0n) is 16.3. The molecule has 150 valence electrons. The molecule has 1 saturated carbocycles. The summed E-state index contributed by atoms with van der Waals surface area (Å²) in [5.74, 6) is 0.502. The molecule has 1 unspecified atom stereocenters. The van der Waals surface area contributed by atoms with Crippen LogP contribution in [0.15, 0.2) is 29.2 Å². The van der Waals surface area contributed by atoms with E-state index in [1.165, 1.54) is 17.1 Å². The third-order valence-electron chi connectivity index (χ3n) is 5.82. The fraction of sp³-hybridized carbons (Fsp3) is 0.650. The molecular formula is C20H30N2O4S. The largest absolute Gasteiger partial charge is 0.497 e. The number of hydrogen-bond donors (Lipinski definition) is 0. The van der Waals surface area contributed by atoms with Gasteiger partial charge in [0.25, 0.3) is 0 Å². The predicted molar refractivity (Wildman–Crippen MR) is 104 cm³/mol. The molecule has 1 aromatic rings. The van der Waals surface area contributed by atoms with E-state index in [0.717, 1.165) is 19.3 Å². The molecule has 27 heavy (non-hydrogen) atoms. The molecule has 0 N–H and O–H groups in total. The Labute approximate surface area is 162 Å². The van der Waals surface area contributed by atoms with Crippen molar-refractivity contribution in [3.05, 3.63) is 24.3 Å². The molecule has 1 aromatic carbocycles. The summed E-state index contributed by atoms with van der Waals surface area (Å²) in [4.78, 5) is 15.3. The highest BCUT2D eigenvalue weighted by Crippen LogP contribution is 2.29. The van der Waals surface area contributed by atoms with E-state index in [-0.39, 0.29) is 23.3 Å². The van der Waals surface area contributed by atoms with Crippen LogP contribution in [0.5, 0.6) is 5.75 Å². The van der Waals surface area contributed by atoms with Crippen LogP contribution in [0.1, 0.15) is 45.4 Å². The molecule has 6 nitrogen and oxygen atoms in total. The predicted octanol–water partition coefficient (Wildman–Crippen LogP) is 2.89. The van der Waals surface area contributed by atoms with Gasteiger partial charge in [-0.1, -0.05) is 12.8 Å². The van der Waals surface area contributed by atoms with Gasteiger partial charge in [0, 0.05) is 25.7 Å². The third-order valence-corrected chi connectivity index (χ3v) is 7.70. The topological polar surface area (TPSA) is 66.9 Å². The number of piperidine rings is 1. The number of sulfonamides is 1. The lowest BCUT2D eigenvalue weighted by molar-refractivity contribution is -0.138. The summed E-state index contributed by atoms with van der Waals surface area (Å²) in [6.45, 7) is 3.46. The average molecular weight is 395 g/mol. The van der Waals surface area contributed by atoms with Gasteiger partial charge in [-0.2, -0.15) is 4.31 Å². The third kappa shape index (κ3) is 4.29. The molecule has 0 radical (unpaired) electrons. The first-order chi connectivity index (χ1) is 13.0. The van der Waals surface area contributed by atoms with E-state index in [1.807, 2.05) is 11.8 Å². The van der Waals surface area contributed by atoms with Crippen LogP contribution in [0.2, 0.25) is 0 Å². The van der Waals surface area contributed by atoms with Crippen LogP contribution in [0.4, 0.5) is 0 Å². The Morgan fingerprint density at radius 3 is 2.41 bits per heavy atom. The highest BCUT2D eigenvalue weighted by atomic mass is 32.2. The van der Waals surface area contributed by atoms with Gasteiger partial charge in [-0.25, -0.2) is 8.42 Å². The lowest BCUT2D eigenvalue weighted by atomic mass is 9.97. The van der Waals surface area contributed by atoms with E-state index >= 15 is 0 Å². The molecule has 1 aliphatic heterocycles. The van der Waals surface area contributed by atoms with E-state index < -0.39 is 10.0 Å². The van der Waals surface area contributed by atoms with Gasteiger partial charge in [-0.3, -0.25) is 4.79 Å². The first-order valence-electron chi connectivity index (χ1n) is 9.92. The number of hydrogen-bond acceptors (Lipinski definition) is 4. The van der Waals surface area contributed by atoms with E-state index in [4.69, 9.17) is 4.74 Å². The molecular weight excluding hydrogens is 364 g/mol. The number of nitrogens with zero attached hydrogens (tertiary/aromatic N) is 2. The smallest absolute Gasteiger partial charge is 0.243 e.